The van der Waals surface area contributed by atoms with Gasteiger partial charge in [0.2, 0.25) is 0 Å². The molecule has 1 aromatic heterocycles. The van der Waals surface area contributed by atoms with Crippen molar-refractivity contribution in [2.24, 2.45) is 11.8 Å². The quantitative estimate of drug-likeness (QED) is 0.918. The molecular formula is C16H27N3O. The summed E-state index contributed by atoms with van der Waals surface area (Å²) in [5, 5.41) is 10.3. The van der Waals surface area contributed by atoms with Crippen molar-refractivity contribution in [1.29, 1.82) is 0 Å². The number of rotatable bonds is 4. The van der Waals surface area contributed by atoms with Crippen LogP contribution in [0.1, 0.15) is 44.9 Å². The summed E-state index contributed by atoms with van der Waals surface area (Å²) in [7, 11) is 0. The Morgan fingerprint density at radius 2 is 2.25 bits per heavy atom. The van der Waals surface area contributed by atoms with Gasteiger partial charge in [0.05, 0.1) is 12.6 Å². The molecule has 0 bridgehead atoms. The van der Waals surface area contributed by atoms with Crippen LogP contribution in [0.4, 0.5) is 0 Å². The van der Waals surface area contributed by atoms with E-state index < -0.39 is 0 Å². The molecule has 20 heavy (non-hydrogen) atoms. The number of hydrogen-bond donors (Lipinski definition) is 1. The Labute approximate surface area is 121 Å². The molecule has 0 spiro atoms. The molecular weight excluding hydrogens is 250 g/mol. The second kappa shape index (κ2) is 6.27. The van der Waals surface area contributed by atoms with Gasteiger partial charge in [-0.2, -0.15) is 0 Å². The lowest BCUT2D eigenvalue weighted by molar-refractivity contribution is 0.0206. The lowest BCUT2D eigenvalue weighted by Gasteiger charge is -2.37. The van der Waals surface area contributed by atoms with Crippen LogP contribution in [0.3, 0.4) is 0 Å². The van der Waals surface area contributed by atoms with Crippen molar-refractivity contribution in [1.82, 2.24) is 14.5 Å². The molecule has 2 heterocycles. The Bertz CT molecular complexity index is 431. The Balaban J connectivity index is 1.57. The summed E-state index contributed by atoms with van der Waals surface area (Å²) in [4.78, 5) is 6.90. The fraction of sp³-hybridized carbons (Fsp3) is 0.812. The van der Waals surface area contributed by atoms with Crippen LogP contribution in [0.15, 0.2) is 12.4 Å². The highest BCUT2D eigenvalue weighted by Gasteiger charge is 2.31. The Kier molecular flexibility index (Phi) is 4.41. The van der Waals surface area contributed by atoms with E-state index in [1.54, 1.807) is 0 Å². The first-order chi connectivity index (χ1) is 9.76. The zero-order valence-corrected chi connectivity index (χ0v) is 12.5. The molecule has 0 aromatic carbocycles. The normalized spacial score (nSPS) is 31.2. The standard InChI is InChI=1S/C16H27N3O/c1-2-3-13-4-5-15(20)14(10-13)11-18-8-9-19-7-6-17-16(19)12-18/h6-7,13-15,20H,2-5,8-12H2,1H3. The monoisotopic (exact) mass is 277 g/mol. The van der Waals surface area contributed by atoms with Crippen molar-refractivity contribution >= 4 is 0 Å². The average Bonchev–Trinajstić information content (AvgIpc) is 2.90. The van der Waals surface area contributed by atoms with Gasteiger partial charge in [0.1, 0.15) is 5.82 Å². The van der Waals surface area contributed by atoms with E-state index in [2.05, 4.69) is 27.6 Å². The van der Waals surface area contributed by atoms with Gasteiger partial charge >= 0.3 is 0 Å². The fourth-order valence-electron chi connectivity index (χ4n) is 3.92. The number of fused-ring (bicyclic) bond motifs is 1. The zero-order valence-electron chi connectivity index (χ0n) is 12.5. The van der Waals surface area contributed by atoms with Crippen molar-refractivity contribution in [2.75, 3.05) is 13.1 Å². The molecule has 1 fully saturated rings. The highest BCUT2D eigenvalue weighted by Crippen LogP contribution is 2.33. The van der Waals surface area contributed by atoms with Crippen LogP contribution in [0.2, 0.25) is 0 Å². The van der Waals surface area contributed by atoms with E-state index >= 15 is 0 Å². The van der Waals surface area contributed by atoms with Gasteiger partial charge in [-0.1, -0.05) is 19.8 Å². The van der Waals surface area contributed by atoms with Gasteiger partial charge in [0.25, 0.3) is 0 Å². The molecule has 1 aliphatic carbocycles. The van der Waals surface area contributed by atoms with Crippen LogP contribution in [-0.2, 0) is 13.1 Å². The summed E-state index contributed by atoms with van der Waals surface area (Å²) in [5.74, 6) is 2.47. The van der Waals surface area contributed by atoms with Crippen molar-refractivity contribution < 1.29 is 5.11 Å². The van der Waals surface area contributed by atoms with Crippen LogP contribution in [-0.4, -0.2) is 38.8 Å². The molecule has 3 rings (SSSR count). The predicted molar refractivity (Wildman–Crippen MR) is 79.2 cm³/mol. The SMILES string of the molecule is CCCC1CCC(O)C(CN2CCn3ccnc3C2)C1. The number of aliphatic hydroxyl groups is 1. The third-order valence-corrected chi connectivity index (χ3v) is 5.06. The van der Waals surface area contributed by atoms with E-state index in [-0.39, 0.29) is 6.10 Å². The van der Waals surface area contributed by atoms with E-state index in [0.717, 1.165) is 38.5 Å². The molecule has 1 N–H and O–H groups in total. The molecule has 1 saturated carbocycles. The second-order valence-electron chi connectivity index (χ2n) is 6.57. The highest BCUT2D eigenvalue weighted by atomic mass is 16.3. The van der Waals surface area contributed by atoms with Crippen molar-refractivity contribution in [2.45, 2.75) is 58.2 Å². The first kappa shape index (κ1) is 14.1. The maximum Gasteiger partial charge on any atom is 0.122 e. The fourth-order valence-corrected chi connectivity index (χ4v) is 3.92. The van der Waals surface area contributed by atoms with E-state index in [1.165, 1.54) is 31.5 Å². The summed E-state index contributed by atoms with van der Waals surface area (Å²) >= 11 is 0. The molecule has 1 aliphatic heterocycles. The predicted octanol–water partition coefficient (Wildman–Crippen LogP) is 2.28. The molecule has 0 saturated heterocycles. The van der Waals surface area contributed by atoms with Gasteiger partial charge in [-0.3, -0.25) is 4.90 Å². The van der Waals surface area contributed by atoms with Gasteiger partial charge < -0.3 is 9.67 Å². The van der Waals surface area contributed by atoms with Gasteiger partial charge in [-0.05, 0) is 31.1 Å². The van der Waals surface area contributed by atoms with Crippen LogP contribution in [0, 0.1) is 11.8 Å². The third kappa shape index (κ3) is 3.07. The summed E-state index contributed by atoms with van der Waals surface area (Å²) in [6, 6.07) is 0. The average molecular weight is 277 g/mol. The van der Waals surface area contributed by atoms with Crippen LogP contribution >= 0.6 is 0 Å². The lowest BCUT2D eigenvalue weighted by Crippen LogP contribution is -2.42. The molecule has 112 valence electrons. The van der Waals surface area contributed by atoms with Crippen LogP contribution < -0.4 is 0 Å². The minimum atomic E-state index is -0.0928. The number of hydrogen-bond acceptors (Lipinski definition) is 3. The molecule has 4 nitrogen and oxygen atoms in total. The number of nitrogens with zero attached hydrogens (tertiary/aromatic N) is 3. The Morgan fingerprint density at radius 3 is 3.10 bits per heavy atom. The molecule has 3 unspecified atom stereocenters. The molecule has 1 aromatic rings. The first-order valence-corrected chi connectivity index (χ1v) is 8.16. The molecule has 0 amide bonds. The van der Waals surface area contributed by atoms with Gasteiger partial charge in [0, 0.05) is 32.0 Å². The summed E-state index contributed by atoms with van der Waals surface area (Å²) in [6.45, 7) is 6.37. The smallest absolute Gasteiger partial charge is 0.122 e. The van der Waals surface area contributed by atoms with Crippen molar-refractivity contribution in [3.8, 4) is 0 Å². The lowest BCUT2D eigenvalue weighted by atomic mass is 9.77. The minimum absolute atomic E-state index is 0.0928. The molecule has 3 atom stereocenters. The van der Waals surface area contributed by atoms with Crippen molar-refractivity contribution in [3.05, 3.63) is 18.2 Å². The summed E-state index contributed by atoms with van der Waals surface area (Å²) in [5.41, 5.74) is 0. The van der Waals surface area contributed by atoms with Gasteiger partial charge in [-0.25, -0.2) is 4.98 Å². The maximum absolute atomic E-state index is 10.3. The van der Waals surface area contributed by atoms with Crippen LogP contribution in [0.5, 0.6) is 0 Å². The Morgan fingerprint density at radius 1 is 1.35 bits per heavy atom. The van der Waals surface area contributed by atoms with Crippen molar-refractivity contribution in [3.63, 3.8) is 0 Å². The largest absolute Gasteiger partial charge is 0.393 e. The van der Waals surface area contributed by atoms with Crippen LogP contribution in [0.25, 0.3) is 0 Å². The maximum atomic E-state index is 10.3. The topological polar surface area (TPSA) is 41.3 Å². The number of imidazole rings is 1. The molecule has 4 heteroatoms. The minimum Gasteiger partial charge on any atom is -0.393 e. The van der Waals surface area contributed by atoms with E-state index in [9.17, 15) is 5.11 Å². The number of aromatic nitrogens is 2. The second-order valence-corrected chi connectivity index (χ2v) is 6.57. The molecule has 0 radical (unpaired) electrons. The first-order valence-electron chi connectivity index (χ1n) is 8.16. The van der Waals surface area contributed by atoms with Gasteiger partial charge in [-0.15, -0.1) is 0 Å². The highest BCUT2D eigenvalue weighted by molar-refractivity contribution is 4.96. The Hall–Kier alpha value is -0.870. The number of aliphatic hydroxyl groups excluding tert-OH is 1. The molecule has 2 aliphatic rings. The van der Waals surface area contributed by atoms with Gasteiger partial charge in [0.15, 0.2) is 0 Å². The van der Waals surface area contributed by atoms with E-state index in [0.29, 0.717) is 5.92 Å². The zero-order chi connectivity index (χ0) is 13.9. The third-order valence-electron chi connectivity index (χ3n) is 5.06. The summed E-state index contributed by atoms with van der Waals surface area (Å²) < 4.78 is 2.24. The van der Waals surface area contributed by atoms with E-state index in [4.69, 9.17) is 0 Å². The summed E-state index contributed by atoms with van der Waals surface area (Å²) in [6.07, 6.45) is 9.89. The van der Waals surface area contributed by atoms with E-state index in [1.807, 2.05) is 6.20 Å².